The van der Waals surface area contributed by atoms with E-state index < -0.39 is 5.82 Å². The summed E-state index contributed by atoms with van der Waals surface area (Å²) in [6.07, 6.45) is 1.42. The van der Waals surface area contributed by atoms with E-state index in [-0.39, 0.29) is 0 Å². The molecule has 100 valence electrons. The average molecular weight is 289 g/mol. The Hall–Kier alpha value is -2.40. The number of hydrogen-bond donors (Lipinski definition) is 2. The molecule has 1 heterocycles. The topological polar surface area (TPSA) is 63.8 Å². The van der Waals surface area contributed by atoms with E-state index in [9.17, 15) is 4.39 Å². The average Bonchev–Trinajstić information content (AvgIpc) is 2.37. The molecule has 0 aliphatic heterocycles. The molecular weight excluding hydrogens is 279 g/mol. The molecule has 20 heavy (non-hydrogen) atoms. The van der Waals surface area contributed by atoms with Crippen LogP contribution >= 0.6 is 11.6 Å². The summed E-state index contributed by atoms with van der Waals surface area (Å²) in [7, 11) is 0. The molecular formula is C14H10ClFN4. The summed E-state index contributed by atoms with van der Waals surface area (Å²) in [5.41, 5.74) is 7.57. The molecule has 4 nitrogen and oxygen atoms in total. The van der Waals surface area contributed by atoms with E-state index in [2.05, 4.69) is 15.3 Å². The molecule has 1 aromatic heterocycles. The molecule has 6 heteroatoms. The van der Waals surface area contributed by atoms with E-state index in [0.717, 1.165) is 5.39 Å². The lowest BCUT2D eigenvalue weighted by molar-refractivity contribution is 0.628. The molecule has 3 N–H and O–H groups in total. The Balaban J connectivity index is 2.06. The fraction of sp³-hybridized carbons (Fsp3) is 0. The van der Waals surface area contributed by atoms with Gasteiger partial charge >= 0.3 is 0 Å². The van der Waals surface area contributed by atoms with Crippen LogP contribution in [-0.2, 0) is 0 Å². The molecule has 0 aliphatic rings. The van der Waals surface area contributed by atoms with Crippen LogP contribution < -0.4 is 11.1 Å². The normalized spacial score (nSPS) is 10.7. The largest absolute Gasteiger partial charge is 0.399 e. The lowest BCUT2D eigenvalue weighted by atomic mass is 10.2. The predicted octanol–water partition coefficient (Wildman–Crippen LogP) is 3.75. The number of hydrogen-bond acceptors (Lipinski definition) is 4. The van der Waals surface area contributed by atoms with Crippen molar-refractivity contribution in [3.8, 4) is 0 Å². The zero-order valence-electron chi connectivity index (χ0n) is 10.3. The van der Waals surface area contributed by atoms with E-state index in [4.69, 9.17) is 17.3 Å². The maximum Gasteiger partial charge on any atom is 0.141 e. The van der Waals surface area contributed by atoms with Crippen molar-refractivity contribution >= 4 is 39.7 Å². The van der Waals surface area contributed by atoms with Crippen molar-refractivity contribution < 1.29 is 4.39 Å². The molecule has 0 amide bonds. The molecule has 0 bridgehead atoms. The maximum atomic E-state index is 13.3. The molecule has 0 unspecified atom stereocenters. The highest BCUT2D eigenvalue weighted by atomic mass is 35.5. The lowest BCUT2D eigenvalue weighted by Gasteiger charge is -2.09. The fourth-order valence-corrected chi connectivity index (χ4v) is 2.16. The number of nitrogens with zero attached hydrogens (tertiary/aromatic N) is 2. The monoisotopic (exact) mass is 288 g/mol. The van der Waals surface area contributed by atoms with Gasteiger partial charge in [-0.1, -0.05) is 11.6 Å². The zero-order chi connectivity index (χ0) is 14.1. The molecule has 0 spiro atoms. The van der Waals surface area contributed by atoms with Crippen LogP contribution in [0.25, 0.3) is 10.9 Å². The maximum absolute atomic E-state index is 13.3. The Kier molecular flexibility index (Phi) is 3.12. The third kappa shape index (κ3) is 2.48. The molecule has 0 saturated heterocycles. The Labute approximate surface area is 119 Å². The van der Waals surface area contributed by atoms with Crippen LogP contribution in [0.4, 0.5) is 21.6 Å². The van der Waals surface area contributed by atoms with Crippen molar-refractivity contribution in [2.45, 2.75) is 0 Å². The number of halogens is 2. The summed E-state index contributed by atoms with van der Waals surface area (Å²) >= 11 is 5.83. The SMILES string of the molecule is Nc1ccc2c(Nc3cc(F)cc(Cl)c3)ncnc2c1. The van der Waals surface area contributed by atoms with E-state index in [1.807, 2.05) is 6.07 Å². The fourth-order valence-electron chi connectivity index (χ4n) is 1.94. The summed E-state index contributed by atoms with van der Waals surface area (Å²) in [6.45, 7) is 0. The van der Waals surface area contributed by atoms with E-state index >= 15 is 0 Å². The van der Waals surface area contributed by atoms with E-state index in [1.54, 1.807) is 18.2 Å². The van der Waals surface area contributed by atoms with Crippen LogP contribution in [0.15, 0.2) is 42.7 Å². The van der Waals surface area contributed by atoms with Crippen LogP contribution in [0.1, 0.15) is 0 Å². The molecule has 0 radical (unpaired) electrons. The molecule has 0 saturated carbocycles. The lowest BCUT2D eigenvalue weighted by Crippen LogP contribution is -1.97. The third-order valence-electron chi connectivity index (χ3n) is 2.79. The minimum absolute atomic E-state index is 0.315. The van der Waals surface area contributed by atoms with Crippen LogP contribution in [0.2, 0.25) is 5.02 Å². The van der Waals surface area contributed by atoms with Gasteiger partial charge in [0.25, 0.3) is 0 Å². The summed E-state index contributed by atoms with van der Waals surface area (Å²) in [4.78, 5) is 8.31. The molecule has 3 rings (SSSR count). The van der Waals surface area contributed by atoms with Gasteiger partial charge in [0, 0.05) is 21.8 Å². The van der Waals surface area contributed by atoms with Crippen LogP contribution in [0.3, 0.4) is 0 Å². The molecule has 0 aliphatic carbocycles. The number of rotatable bonds is 2. The van der Waals surface area contributed by atoms with Gasteiger partial charge in [-0.05, 0) is 36.4 Å². The van der Waals surface area contributed by atoms with Gasteiger partial charge in [0.2, 0.25) is 0 Å². The van der Waals surface area contributed by atoms with Gasteiger partial charge in [0.1, 0.15) is 18.0 Å². The molecule has 3 aromatic rings. The number of nitrogens with one attached hydrogen (secondary N) is 1. The minimum atomic E-state index is -0.414. The predicted molar refractivity (Wildman–Crippen MR) is 78.6 cm³/mol. The quantitative estimate of drug-likeness (QED) is 0.705. The van der Waals surface area contributed by atoms with Crippen molar-refractivity contribution in [1.29, 1.82) is 0 Å². The van der Waals surface area contributed by atoms with Crippen molar-refractivity contribution in [1.82, 2.24) is 9.97 Å². The van der Waals surface area contributed by atoms with Crippen LogP contribution in [0.5, 0.6) is 0 Å². The summed E-state index contributed by atoms with van der Waals surface area (Å²) in [5.74, 6) is 0.152. The van der Waals surface area contributed by atoms with Crippen molar-refractivity contribution in [2.24, 2.45) is 0 Å². The Morgan fingerprint density at radius 1 is 1.10 bits per heavy atom. The van der Waals surface area contributed by atoms with Gasteiger partial charge in [-0.3, -0.25) is 0 Å². The third-order valence-corrected chi connectivity index (χ3v) is 3.00. The smallest absolute Gasteiger partial charge is 0.141 e. The van der Waals surface area contributed by atoms with E-state index in [1.165, 1.54) is 18.5 Å². The molecule has 0 atom stereocenters. The number of aromatic nitrogens is 2. The van der Waals surface area contributed by atoms with Gasteiger partial charge in [-0.15, -0.1) is 0 Å². The Morgan fingerprint density at radius 2 is 1.95 bits per heavy atom. The summed E-state index contributed by atoms with van der Waals surface area (Å²) in [6, 6.07) is 9.53. The first-order valence-electron chi connectivity index (χ1n) is 5.85. The molecule has 2 aromatic carbocycles. The standard InChI is InChI=1S/C14H10ClFN4/c15-8-3-9(16)5-11(4-8)20-14-12-2-1-10(17)6-13(12)18-7-19-14/h1-7H,17H2,(H,18,19,20). The zero-order valence-corrected chi connectivity index (χ0v) is 11.0. The Morgan fingerprint density at radius 3 is 2.75 bits per heavy atom. The van der Waals surface area contributed by atoms with Crippen molar-refractivity contribution in [3.63, 3.8) is 0 Å². The highest BCUT2D eigenvalue weighted by Gasteiger charge is 2.06. The van der Waals surface area contributed by atoms with E-state index in [0.29, 0.717) is 27.7 Å². The minimum Gasteiger partial charge on any atom is -0.399 e. The highest BCUT2D eigenvalue weighted by molar-refractivity contribution is 6.30. The number of nitrogens with two attached hydrogens (primary N) is 1. The van der Waals surface area contributed by atoms with Crippen LogP contribution in [-0.4, -0.2) is 9.97 Å². The second-order valence-corrected chi connectivity index (χ2v) is 4.72. The van der Waals surface area contributed by atoms with Gasteiger partial charge in [-0.25, -0.2) is 14.4 Å². The second kappa shape index (κ2) is 4.94. The van der Waals surface area contributed by atoms with Gasteiger partial charge < -0.3 is 11.1 Å². The van der Waals surface area contributed by atoms with Crippen LogP contribution in [0, 0.1) is 5.82 Å². The Bertz CT molecular complexity index is 771. The number of benzene rings is 2. The first-order chi connectivity index (χ1) is 9.61. The number of anilines is 3. The summed E-state index contributed by atoms with van der Waals surface area (Å²) < 4.78 is 13.3. The number of fused-ring (bicyclic) bond motifs is 1. The van der Waals surface area contributed by atoms with Crippen molar-refractivity contribution in [3.05, 3.63) is 53.6 Å². The second-order valence-electron chi connectivity index (χ2n) is 4.28. The number of nitrogen functional groups attached to an aromatic ring is 1. The molecule has 0 fully saturated rings. The van der Waals surface area contributed by atoms with Gasteiger partial charge in [0.05, 0.1) is 5.52 Å². The van der Waals surface area contributed by atoms with Gasteiger partial charge in [0.15, 0.2) is 0 Å². The van der Waals surface area contributed by atoms with Crippen molar-refractivity contribution in [2.75, 3.05) is 11.1 Å². The summed E-state index contributed by atoms with van der Waals surface area (Å²) in [5, 5.41) is 4.14. The highest BCUT2D eigenvalue weighted by Crippen LogP contribution is 2.26. The van der Waals surface area contributed by atoms with Gasteiger partial charge in [-0.2, -0.15) is 0 Å². The first-order valence-corrected chi connectivity index (χ1v) is 6.23. The first kappa shape index (κ1) is 12.6.